The van der Waals surface area contributed by atoms with E-state index in [4.69, 9.17) is 5.73 Å². The molecule has 0 aliphatic rings. The van der Waals surface area contributed by atoms with E-state index in [1.54, 1.807) is 27.7 Å². The molecule has 0 saturated heterocycles. The van der Waals surface area contributed by atoms with Gasteiger partial charge in [0.05, 0.1) is 5.56 Å². The van der Waals surface area contributed by atoms with E-state index < -0.39 is 22.7 Å². The molecule has 0 aliphatic carbocycles. The lowest BCUT2D eigenvalue weighted by atomic mass is 9.70. The Morgan fingerprint density at radius 1 is 1.00 bits per heavy atom. The molecule has 0 bridgehead atoms. The highest BCUT2D eigenvalue weighted by atomic mass is 19.4. The summed E-state index contributed by atoms with van der Waals surface area (Å²) in [6.07, 6.45) is -4.40. The van der Waals surface area contributed by atoms with E-state index in [-0.39, 0.29) is 11.3 Å². The Morgan fingerprint density at radius 3 is 1.74 bits per heavy atom. The van der Waals surface area contributed by atoms with Gasteiger partial charge in [-0.05, 0) is 26.0 Å². The van der Waals surface area contributed by atoms with Gasteiger partial charge in [0.1, 0.15) is 0 Å². The predicted molar refractivity (Wildman–Crippen MR) is 67.8 cm³/mol. The predicted octanol–water partition coefficient (Wildman–Crippen LogP) is 3.65. The molecule has 0 heterocycles. The molecule has 0 saturated carbocycles. The second kappa shape index (κ2) is 4.63. The molecule has 1 rings (SSSR count). The summed E-state index contributed by atoms with van der Waals surface area (Å²) >= 11 is 0. The number of hydrogen-bond donors (Lipinski definition) is 1. The highest BCUT2D eigenvalue weighted by molar-refractivity contribution is 6.01. The largest absolute Gasteiger partial charge is 0.416 e. The van der Waals surface area contributed by atoms with Gasteiger partial charge in [-0.15, -0.1) is 0 Å². The van der Waals surface area contributed by atoms with Crippen molar-refractivity contribution in [1.82, 2.24) is 0 Å². The van der Waals surface area contributed by atoms with Gasteiger partial charge in [-0.2, -0.15) is 13.2 Å². The van der Waals surface area contributed by atoms with Crippen LogP contribution in [0.25, 0.3) is 0 Å². The Balaban J connectivity index is 3.10. The fourth-order valence-electron chi connectivity index (χ4n) is 1.46. The summed E-state index contributed by atoms with van der Waals surface area (Å²) in [5, 5.41) is 0. The number of carbonyl (C=O) groups excluding carboxylic acids is 1. The lowest BCUT2D eigenvalue weighted by Gasteiger charge is -2.37. The van der Waals surface area contributed by atoms with Crippen LogP contribution in [0.3, 0.4) is 0 Å². The second-order valence-electron chi connectivity index (χ2n) is 5.75. The summed E-state index contributed by atoms with van der Waals surface area (Å²) in [5.74, 6) is -0.270. The Morgan fingerprint density at radius 2 is 1.42 bits per heavy atom. The Bertz CT molecular complexity index is 467. The molecule has 2 nitrogen and oxygen atoms in total. The van der Waals surface area contributed by atoms with Crippen LogP contribution >= 0.6 is 0 Å². The van der Waals surface area contributed by atoms with Crippen LogP contribution < -0.4 is 5.73 Å². The van der Waals surface area contributed by atoms with Gasteiger partial charge in [-0.1, -0.05) is 26.0 Å². The third-order valence-corrected chi connectivity index (χ3v) is 3.65. The number of benzene rings is 1. The van der Waals surface area contributed by atoms with Crippen LogP contribution in [0.4, 0.5) is 13.2 Å². The van der Waals surface area contributed by atoms with Crippen LogP contribution in [-0.4, -0.2) is 11.3 Å². The van der Waals surface area contributed by atoms with Crippen molar-refractivity contribution < 1.29 is 18.0 Å². The van der Waals surface area contributed by atoms with E-state index in [1.165, 1.54) is 12.1 Å². The van der Waals surface area contributed by atoms with Crippen LogP contribution in [0.2, 0.25) is 0 Å². The minimum Gasteiger partial charge on any atom is -0.325 e. The maximum Gasteiger partial charge on any atom is 0.416 e. The first kappa shape index (κ1) is 15.7. The Hall–Kier alpha value is -1.36. The SMILES string of the molecule is CC(C)(N)C(C)(C)C(=O)c1ccc(C(F)(F)F)cc1. The lowest BCUT2D eigenvalue weighted by Crippen LogP contribution is -2.51. The molecule has 2 N–H and O–H groups in total. The van der Waals surface area contributed by atoms with Crippen molar-refractivity contribution in [2.24, 2.45) is 11.1 Å². The molecule has 0 fully saturated rings. The average Bonchev–Trinajstić information content (AvgIpc) is 2.25. The Kier molecular flexibility index (Phi) is 3.83. The van der Waals surface area contributed by atoms with E-state index in [0.717, 1.165) is 12.1 Å². The van der Waals surface area contributed by atoms with Gasteiger partial charge in [0.25, 0.3) is 0 Å². The number of ketones is 1. The highest BCUT2D eigenvalue weighted by Crippen LogP contribution is 2.34. The van der Waals surface area contributed by atoms with Crippen molar-refractivity contribution >= 4 is 5.78 Å². The summed E-state index contributed by atoms with van der Waals surface area (Å²) in [7, 11) is 0. The molecule has 0 aliphatic heterocycles. The number of halogens is 3. The van der Waals surface area contributed by atoms with Gasteiger partial charge in [-0.3, -0.25) is 4.79 Å². The monoisotopic (exact) mass is 273 g/mol. The van der Waals surface area contributed by atoms with Crippen molar-refractivity contribution in [3.05, 3.63) is 35.4 Å². The van der Waals surface area contributed by atoms with Gasteiger partial charge in [0, 0.05) is 16.5 Å². The molecular weight excluding hydrogens is 255 g/mol. The zero-order valence-corrected chi connectivity index (χ0v) is 11.4. The molecule has 0 atom stereocenters. The van der Waals surface area contributed by atoms with Gasteiger partial charge >= 0.3 is 6.18 Å². The van der Waals surface area contributed by atoms with Crippen LogP contribution in [0.5, 0.6) is 0 Å². The molecular formula is C14H18F3NO. The normalized spacial score (nSPS) is 13.5. The topological polar surface area (TPSA) is 43.1 Å². The summed E-state index contributed by atoms with van der Waals surface area (Å²) < 4.78 is 37.3. The van der Waals surface area contributed by atoms with Crippen molar-refractivity contribution in [1.29, 1.82) is 0 Å². The fourth-order valence-corrected chi connectivity index (χ4v) is 1.46. The average molecular weight is 273 g/mol. The molecule has 0 unspecified atom stereocenters. The highest BCUT2D eigenvalue weighted by Gasteiger charge is 2.40. The van der Waals surface area contributed by atoms with Crippen molar-refractivity contribution in [2.75, 3.05) is 0 Å². The van der Waals surface area contributed by atoms with E-state index in [2.05, 4.69) is 0 Å². The number of rotatable bonds is 3. The number of nitrogens with two attached hydrogens (primary N) is 1. The summed E-state index contributed by atoms with van der Waals surface area (Å²) in [6.45, 7) is 6.81. The maximum atomic E-state index is 12.4. The van der Waals surface area contributed by atoms with E-state index in [1.807, 2.05) is 0 Å². The molecule has 0 amide bonds. The third kappa shape index (κ3) is 3.15. The van der Waals surface area contributed by atoms with E-state index >= 15 is 0 Å². The van der Waals surface area contributed by atoms with Crippen molar-refractivity contribution in [2.45, 2.75) is 39.4 Å². The lowest BCUT2D eigenvalue weighted by molar-refractivity contribution is -0.137. The number of hydrogen-bond acceptors (Lipinski definition) is 2. The summed E-state index contributed by atoms with van der Waals surface area (Å²) in [4.78, 5) is 12.3. The minimum atomic E-state index is -4.40. The maximum absolute atomic E-state index is 12.4. The van der Waals surface area contributed by atoms with Crippen molar-refractivity contribution in [3.63, 3.8) is 0 Å². The smallest absolute Gasteiger partial charge is 0.325 e. The summed E-state index contributed by atoms with van der Waals surface area (Å²) in [5.41, 5.74) is 3.77. The molecule has 5 heteroatoms. The van der Waals surface area contributed by atoms with Gasteiger partial charge in [0.2, 0.25) is 0 Å². The van der Waals surface area contributed by atoms with Crippen LogP contribution in [0.15, 0.2) is 24.3 Å². The molecule has 1 aromatic rings. The third-order valence-electron chi connectivity index (χ3n) is 3.65. The molecule has 19 heavy (non-hydrogen) atoms. The number of Topliss-reactive ketones (excluding diaryl/α,β-unsaturated/α-hetero) is 1. The summed E-state index contributed by atoms with van der Waals surface area (Å²) in [6, 6.07) is 4.21. The second-order valence-corrected chi connectivity index (χ2v) is 5.75. The number of carbonyl (C=O) groups is 1. The first-order chi connectivity index (χ1) is 8.37. The first-order valence-corrected chi connectivity index (χ1v) is 5.88. The van der Waals surface area contributed by atoms with E-state index in [0.29, 0.717) is 0 Å². The number of alkyl halides is 3. The molecule has 1 aromatic carbocycles. The fraction of sp³-hybridized carbons (Fsp3) is 0.500. The van der Waals surface area contributed by atoms with Crippen molar-refractivity contribution in [3.8, 4) is 0 Å². The molecule has 0 spiro atoms. The van der Waals surface area contributed by atoms with E-state index in [9.17, 15) is 18.0 Å². The van der Waals surface area contributed by atoms with Crippen LogP contribution in [0.1, 0.15) is 43.6 Å². The Labute approximate surface area is 110 Å². The van der Waals surface area contributed by atoms with Gasteiger partial charge in [0.15, 0.2) is 5.78 Å². The van der Waals surface area contributed by atoms with Crippen LogP contribution in [0, 0.1) is 5.41 Å². The first-order valence-electron chi connectivity index (χ1n) is 5.88. The van der Waals surface area contributed by atoms with Crippen LogP contribution in [-0.2, 0) is 6.18 Å². The minimum absolute atomic E-state index is 0.233. The zero-order chi connectivity index (χ0) is 15.1. The zero-order valence-electron chi connectivity index (χ0n) is 11.4. The standard InChI is InChI=1S/C14H18F3NO/c1-12(2,13(3,4)18)11(19)9-5-7-10(8-6-9)14(15,16)17/h5-8H,18H2,1-4H3. The quantitative estimate of drug-likeness (QED) is 0.854. The molecule has 0 radical (unpaired) electrons. The van der Waals surface area contributed by atoms with Gasteiger partial charge in [-0.25, -0.2) is 0 Å². The molecule has 106 valence electrons. The molecule has 0 aromatic heterocycles. The van der Waals surface area contributed by atoms with Gasteiger partial charge < -0.3 is 5.73 Å².